The maximum atomic E-state index is 5.39. The van der Waals surface area contributed by atoms with Crippen LogP contribution in [0.5, 0.6) is 0 Å². The van der Waals surface area contributed by atoms with Crippen LogP contribution in [0.4, 0.5) is 5.82 Å². The minimum absolute atomic E-state index is 0.424. The Morgan fingerprint density at radius 1 is 1.44 bits per heavy atom. The zero-order valence-corrected chi connectivity index (χ0v) is 4.91. The van der Waals surface area contributed by atoms with Gasteiger partial charge in [-0.25, -0.2) is 4.98 Å². The van der Waals surface area contributed by atoms with Crippen LogP contribution < -0.4 is 5.73 Å². The monoisotopic (exact) mass is 121 g/mol. The summed E-state index contributed by atoms with van der Waals surface area (Å²) in [6.07, 6.45) is 4.69. The van der Waals surface area contributed by atoms with Crippen LogP contribution in [-0.2, 0) is 0 Å². The van der Waals surface area contributed by atoms with Crippen molar-refractivity contribution >= 4 is 11.9 Å². The Balaban J connectivity index is 3.15. The molecule has 0 radical (unpaired) electrons. The van der Waals surface area contributed by atoms with Crippen LogP contribution in [0.25, 0.3) is 6.08 Å². The van der Waals surface area contributed by atoms with Gasteiger partial charge in [0.1, 0.15) is 11.5 Å². The summed E-state index contributed by atoms with van der Waals surface area (Å²) in [5, 5.41) is 0. The summed E-state index contributed by atoms with van der Waals surface area (Å²) in [4.78, 5) is 7.69. The van der Waals surface area contributed by atoms with Crippen LogP contribution in [0.3, 0.4) is 0 Å². The van der Waals surface area contributed by atoms with Crippen molar-refractivity contribution in [3.8, 4) is 0 Å². The van der Waals surface area contributed by atoms with Crippen LogP contribution in [0.2, 0.25) is 0 Å². The molecule has 0 aliphatic rings. The van der Waals surface area contributed by atoms with Crippen molar-refractivity contribution in [3.05, 3.63) is 24.7 Å². The molecule has 0 bridgehead atoms. The zero-order chi connectivity index (χ0) is 6.69. The lowest BCUT2D eigenvalue weighted by atomic mass is 10.4. The minimum atomic E-state index is 0.424. The van der Waals surface area contributed by atoms with E-state index in [2.05, 4.69) is 16.5 Å². The first-order chi connectivity index (χ1) is 4.34. The van der Waals surface area contributed by atoms with Crippen LogP contribution in [-0.4, -0.2) is 9.97 Å². The topological polar surface area (TPSA) is 51.8 Å². The summed E-state index contributed by atoms with van der Waals surface area (Å²) in [5.41, 5.74) is 6.02. The molecule has 2 N–H and O–H groups in total. The van der Waals surface area contributed by atoms with E-state index in [1.165, 1.54) is 0 Å². The lowest BCUT2D eigenvalue weighted by Crippen LogP contribution is -1.94. The second kappa shape index (κ2) is 2.26. The fourth-order valence-electron chi connectivity index (χ4n) is 0.517. The van der Waals surface area contributed by atoms with Crippen molar-refractivity contribution in [1.29, 1.82) is 0 Å². The van der Waals surface area contributed by atoms with Gasteiger partial charge in [0.25, 0.3) is 0 Å². The summed E-state index contributed by atoms with van der Waals surface area (Å²) >= 11 is 0. The van der Waals surface area contributed by atoms with E-state index in [4.69, 9.17) is 5.73 Å². The second-order valence-corrected chi connectivity index (χ2v) is 1.53. The van der Waals surface area contributed by atoms with Gasteiger partial charge in [0.15, 0.2) is 0 Å². The number of nitrogens with zero attached hydrogens (tertiary/aromatic N) is 2. The Morgan fingerprint density at radius 3 is 2.56 bits per heavy atom. The molecule has 0 unspecified atom stereocenters. The number of hydrogen-bond acceptors (Lipinski definition) is 3. The maximum Gasteiger partial charge on any atom is 0.149 e. The molecule has 0 spiro atoms. The third kappa shape index (κ3) is 1.05. The van der Waals surface area contributed by atoms with Crippen molar-refractivity contribution in [3.63, 3.8) is 0 Å². The molecule has 1 heterocycles. The SMILES string of the molecule is C=Cc1nccnc1N. The predicted molar refractivity (Wildman–Crippen MR) is 36.5 cm³/mol. The first-order valence-corrected chi connectivity index (χ1v) is 2.53. The van der Waals surface area contributed by atoms with E-state index in [-0.39, 0.29) is 0 Å². The first kappa shape index (κ1) is 5.75. The summed E-state index contributed by atoms with van der Waals surface area (Å²) in [6.45, 7) is 3.51. The molecular formula is C6H7N3. The normalized spacial score (nSPS) is 8.89. The van der Waals surface area contributed by atoms with Crippen molar-refractivity contribution < 1.29 is 0 Å². The number of nitrogens with two attached hydrogens (primary N) is 1. The average Bonchev–Trinajstić information content (AvgIpc) is 1.89. The number of hydrogen-bond donors (Lipinski definition) is 1. The van der Waals surface area contributed by atoms with Crippen LogP contribution in [0.1, 0.15) is 5.69 Å². The van der Waals surface area contributed by atoms with Gasteiger partial charge in [-0.2, -0.15) is 0 Å². The average molecular weight is 121 g/mol. The highest BCUT2D eigenvalue weighted by Crippen LogP contribution is 2.02. The first-order valence-electron chi connectivity index (χ1n) is 2.53. The molecule has 0 fully saturated rings. The molecule has 0 amide bonds. The van der Waals surface area contributed by atoms with Gasteiger partial charge in [0.2, 0.25) is 0 Å². The molecule has 0 aliphatic heterocycles. The van der Waals surface area contributed by atoms with Gasteiger partial charge < -0.3 is 5.73 Å². The minimum Gasteiger partial charge on any atom is -0.382 e. The Labute approximate surface area is 53.3 Å². The molecule has 3 nitrogen and oxygen atoms in total. The van der Waals surface area contributed by atoms with E-state index in [0.29, 0.717) is 11.5 Å². The van der Waals surface area contributed by atoms with Gasteiger partial charge in [-0.3, -0.25) is 4.98 Å². The Morgan fingerprint density at radius 2 is 2.11 bits per heavy atom. The number of nitrogen functional groups attached to an aromatic ring is 1. The number of anilines is 1. The van der Waals surface area contributed by atoms with Gasteiger partial charge >= 0.3 is 0 Å². The second-order valence-electron chi connectivity index (χ2n) is 1.53. The van der Waals surface area contributed by atoms with Gasteiger partial charge in [-0.05, 0) is 6.08 Å². The van der Waals surface area contributed by atoms with Crippen molar-refractivity contribution in [2.24, 2.45) is 0 Å². The van der Waals surface area contributed by atoms with E-state index in [1.807, 2.05) is 0 Å². The molecule has 0 aliphatic carbocycles. The van der Waals surface area contributed by atoms with Gasteiger partial charge in [-0.15, -0.1) is 0 Å². The van der Waals surface area contributed by atoms with Crippen LogP contribution >= 0.6 is 0 Å². The summed E-state index contributed by atoms with van der Waals surface area (Å²) in [7, 11) is 0. The molecule has 0 saturated heterocycles. The smallest absolute Gasteiger partial charge is 0.149 e. The molecule has 3 heteroatoms. The van der Waals surface area contributed by atoms with Crippen LogP contribution in [0.15, 0.2) is 19.0 Å². The predicted octanol–water partition coefficient (Wildman–Crippen LogP) is 0.702. The molecule has 1 aromatic heterocycles. The third-order valence-corrected chi connectivity index (χ3v) is 0.950. The largest absolute Gasteiger partial charge is 0.382 e. The summed E-state index contributed by atoms with van der Waals surface area (Å²) in [5.74, 6) is 0.424. The molecular weight excluding hydrogens is 114 g/mol. The van der Waals surface area contributed by atoms with E-state index in [1.54, 1.807) is 18.5 Å². The Kier molecular flexibility index (Phi) is 1.44. The van der Waals surface area contributed by atoms with Crippen molar-refractivity contribution in [2.75, 3.05) is 5.73 Å². The van der Waals surface area contributed by atoms with Gasteiger partial charge in [0, 0.05) is 12.4 Å². The van der Waals surface area contributed by atoms with Crippen molar-refractivity contribution in [1.82, 2.24) is 9.97 Å². The van der Waals surface area contributed by atoms with Crippen LogP contribution in [0, 0.1) is 0 Å². The standard InChI is InChI=1S/C6H7N3/c1-2-5-6(7)9-4-3-8-5/h2-4H,1H2,(H2,7,9). The molecule has 0 saturated carbocycles. The molecule has 1 rings (SSSR count). The lowest BCUT2D eigenvalue weighted by molar-refractivity contribution is 1.19. The van der Waals surface area contributed by atoms with E-state index < -0.39 is 0 Å². The summed E-state index contributed by atoms with van der Waals surface area (Å²) in [6, 6.07) is 0. The number of rotatable bonds is 1. The molecule has 0 atom stereocenters. The lowest BCUT2D eigenvalue weighted by Gasteiger charge is -1.93. The van der Waals surface area contributed by atoms with E-state index in [0.717, 1.165) is 0 Å². The van der Waals surface area contributed by atoms with Gasteiger partial charge in [-0.1, -0.05) is 6.58 Å². The van der Waals surface area contributed by atoms with E-state index in [9.17, 15) is 0 Å². The van der Waals surface area contributed by atoms with E-state index >= 15 is 0 Å². The van der Waals surface area contributed by atoms with Crippen molar-refractivity contribution in [2.45, 2.75) is 0 Å². The Bertz CT molecular complexity index is 219. The molecule has 46 valence electrons. The highest BCUT2D eigenvalue weighted by Gasteiger charge is 1.91. The number of aromatic nitrogens is 2. The highest BCUT2D eigenvalue weighted by atomic mass is 14.9. The molecule has 1 aromatic rings. The highest BCUT2D eigenvalue weighted by molar-refractivity contribution is 5.54. The fourth-order valence-corrected chi connectivity index (χ4v) is 0.517. The fraction of sp³-hybridized carbons (Fsp3) is 0. The maximum absolute atomic E-state index is 5.39. The quantitative estimate of drug-likeness (QED) is 0.595. The Hall–Kier alpha value is -1.38. The molecule has 0 aromatic carbocycles. The van der Waals surface area contributed by atoms with Gasteiger partial charge in [0.05, 0.1) is 0 Å². The molecule has 9 heavy (non-hydrogen) atoms. The summed E-state index contributed by atoms with van der Waals surface area (Å²) < 4.78 is 0. The third-order valence-electron chi connectivity index (χ3n) is 0.950. The zero-order valence-electron chi connectivity index (χ0n) is 4.91.